The topological polar surface area (TPSA) is 63.2 Å². The lowest BCUT2D eigenvalue weighted by atomic mass is 10.2. The van der Waals surface area contributed by atoms with Crippen LogP contribution >= 0.6 is 10.7 Å². The monoisotopic (exact) mass is 309 g/mol. The summed E-state index contributed by atoms with van der Waals surface area (Å²) in [5.74, 6) is -0.518. The molecule has 0 saturated carbocycles. The molecule has 1 amide bonds. The summed E-state index contributed by atoms with van der Waals surface area (Å²) in [5.41, 5.74) is 1.60. The normalized spacial score (nSPS) is 11.1. The van der Waals surface area contributed by atoms with Crippen LogP contribution in [0.5, 0.6) is 0 Å². The summed E-state index contributed by atoms with van der Waals surface area (Å²) in [4.78, 5) is 12.0. The highest BCUT2D eigenvalue weighted by Crippen LogP contribution is 2.21. The smallest absolute Gasteiger partial charge is 0.262 e. The lowest BCUT2D eigenvalue weighted by Gasteiger charge is -2.08. The molecule has 2 aromatic carbocycles. The summed E-state index contributed by atoms with van der Waals surface area (Å²) >= 11 is 0. The summed E-state index contributed by atoms with van der Waals surface area (Å²) < 4.78 is 22.9. The fourth-order valence-corrected chi connectivity index (χ4v) is 2.86. The van der Waals surface area contributed by atoms with E-state index in [2.05, 4.69) is 5.32 Å². The van der Waals surface area contributed by atoms with E-state index < -0.39 is 15.0 Å². The van der Waals surface area contributed by atoms with E-state index in [1.165, 1.54) is 18.2 Å². The zero-order valence-electron chi connectivity index (χ0n) is 10.6. The molecule has 0 radical (unpaired) electrons. The number of rotatable bonds is 3. The Labute approximate surface area is 121 Å². The van der Waals surface area contributed by atoms with Crippen LogP contribution in [-0.4, -0.2) is 14.3 Å². The van der Waals surface area contributed by atoms with Crippen molar-refractivity contribution in [3.63, 3.8) is 0 Å². The average Bonchev–Trinajstić information content (AvgIpc) is 2.37. The van der Waals surface area contributed by atoms with Gasteiger partial charge in [-0.3, -0.25) is 4.79 Å². The van der Waals surface area contributed by atoms with Crippen LogP contribution in [0.3, 0.4) is 0 Å². The van der Waals surface area contributed by atoms with Gasteiger partial charge in [-0.15, -0.1) is 0 Å². The highest BCUT2D eigenvalue weighted by atomic mass is 35.7. The van der Waals surface area contributed by atoms with Gasteiger partial charge in [-0.1, -0.05) is 24.3 Å². The minimum Gasteiger partial charge on any atom is -0.322 e. The second-order valence-electron chi connectivity index (χ2n) is 4.26. The first-order valence-electron chi connectivity index (χ1n) is 5.79. The van der Waals surface area contributed by atoms with Crippen molar-refractivity contribution in [2.45, 2.75) is 11.8 Å². The first kappa shape index (κ1) is 14.6. The molecule has 0 saturated heterocycles. The number of aryl methyl sites for hydroxylation is 1. The summed E-state index contributed by atoms with van der Waals surface area (Å²) in [6, 6.07) is 13.0. The van der Waals surface area contributed by atoms with E-state index in [-0.39, 0.29) is 10.5 Å². The maximum atomic E-state index is 12.2. The van der Waals surface area contributed by atoms with Crippen molar-refractivity contribution in [1.82, 2.24) is 0 Å². The molecule has 0 heterocycles. The van der Waals surface area contributed by atoms with Crippen molar-refractivity contribution < 1.29 is 13.2 Å². The van der Waals surface area contributed by atoms with Crippen molar-refractivity contribution in [3.8, 4) is 0 Å². The molecule has 0 fully saturated rings. The number of benzene rings is 2. The van der Waals surface area contributed by atoms with Crippen LogP contribution in [0.15, 0.2) is 53.4 Å². The summed E-state index contributed by atoms with van der Waals surface area (Å²) in [5, 5.41) is 2.65. The summed E-state index contributed by atoms with van der Waals surface area (Å²) in [6.07, 6.45) is 0. The van der Waals surface area contributed by atoms with Crippen LogP contribution in [0, 0.1) is 6.92 Å². The van der Waals surface area contributed by atoms with Gasteiger partial charge >= 0.3 is 0 Å². The molecule has 0 atom stereocenters. The first-order valence-corrected chi connectivity index (χ1v) is 8.10. The number of hydrogen-bond donors (Lipinski definition) is 1. The molecular weight excluding hydrogens is 298 g/mol. The predicted octanol–water partition coefficient (Wildman–Crippen LogP) is 3.17. The standard InChI is InChI=1S/C14H12ClNO3S/c1-10-5-4-6-11(9-10)16-14(17)12-7-2-3-8-13(12)20(15,18)19/h2-9H,1H3,(H,16,17). The molecule has 2 aromatic rings. The van der Waals surface area contributed by atoms with E-state index in [4.69, 9.17) is 10.7 Å². The Hall–Kier alpha value is -1.85. The Morgan fingerprint density at radius 1 is 1.10 bits per heavy atom. The maximum Gasteiger partial charge on any atom is 0.262 e. The second-order valence-corrected chi connectivity index (χ2v) is 6.79. The quantitative estimate of drug-likeness (QED) is 0.886. The van der Waals surface area contributed by atoms with Crippen molar-refractivity contribution in [3.05, 3.63) is 59.7 Å². The lowest BCUT2D eigenvalue weighted by Crippen LogP contribution is -2.15. The molecule has 0 spiro atoms. The van der Waals surface area contributed by atoms with E-state index in [1.807, 2.05) is 13.0 Å². The van der Waals surface area contributed by atoms with E-state index >= 15 is 0 Å². The van der Waals surface area contributed by atoms with Crippen molar-refractivity contribution >= 4 is 31.3 Å². The van der Waals surface area contributed by atoms with Gasteiger partial charge in [-0.2, -0.15) is 0 Å². The fraction of sp³-hybridized carbons (Fsp3) is 0.0714. The number of hydrogen-bond acceptors (Lipinski definition) is 3. The maximum absolute atomic E-state index is 12.2. The Morgan fingerprint density at radius 3 is 2.45 bits per heavy atom. The average molecular weight is 310 g/mol. The van der Waals surface area contributed by atoms with Crippen LogP contribution in [-0.2, 0) is 9.05 Å². The van der Waals surface area contributed by atoms with E-state index in [9.17, 15) is 13.2 Å². The van der Waals surface area contributed by atoms with Gasteiger partial charge in [0.25, 0.3) is 15.0 Å². The van der Waals surface area contributed by atoms with Gasteiger partial charge in [-0.05, 0) is 36.8 Å². The third kappa shape index (κ3) is 3.37. The minimum absolute atomic E-state index is 0.0176. The minimum atomic E-state index is -3.97. The first-order chi connectivity index (χ1) is 9.38. The molecule has 0 bridgehead atoms. The Balaban J connectivity index is 2.36. The Bertz CT molecular complexity index is 757. The molecule has 6 heteroatoms. The van der Waals surface area contributed by atoms with E-state index in [0.29, 0.717) is 5.69 Å². The zero-order chi connectivity index (χ0) is 14.8. The molecule has 20 heavy (non-hydrogen) atoms. The van der Waals surface area contributed by atoms with Gasteiger partial charge in [-0.25, -0.2) is 8.42 Å². The zero-order valence-corrected chi connectivity index (χ0v) is 12.2. The largest absolute Gasteiger partial charge is 0.322 e. The third-order valence-electron chi connectivity index (χ3n) is 2.67. The van der Waals surface area contributed by atoms with E-state index in [0.717, 1.165) is 5.56 Å². The van der Waals surface area contributed by atoms with E-state index in [1.54, 1.807) is 24.3 Å². The molecule has 2 rings (SSSR count). The lowest BCUT2D eigenvalue weighted by molar-refractivity contribution is 0.102. The van der Waals surface area contributed by atoms with Gasteiger partial charge < -0.3 is 5.32 Å². The molecule has 0 unspecified atom stereocenters. The Morgan fingerprint density at radius 2 is 1.80 bits per heavy atom. The van der Waals surface area contributed by atoms with Crippen LogP contribution in [0.1, 0.15) is 15.9 Å². The number of anilines is 1. The molecule has 104 valence electrons. The number of halogens is 1. The van der Waals surface area contributed by atoms with Crippen molar-refractivity contribution in [2.75, 3.05) is 5.32 Å². The molecule has 1 N–H and O–H groups in total. The van der Waals surface area contributed by atoms with Crippen molar-refractivity contribution in [1.29, 1.82) is 0 Å². The fourth-order valence-electron chi connectivity index (χ4n) is 1.79. The number of nitrogens with one attached hydrogen (secondary N) is 1. The van der Waals surface area contributed by atoms with Gasteiger partial charge in [0.15, 0.2) is 0 Å². The number of carbonyl (C=O) groups excluding carboxylic acids is 1. The molecule has 0 aliphatic rings. The van der Waals surface area contributed by atoms with Crippen LogP contribution in [0.2, 0.25) is 0 Å². The van der Waals surface area contributed by atoms with Crippen LogP contribution < -0.4 is 5.32 Å². The van der Waals surface area contributed by atoms with Gasteiger partial charge in [0.2, 0.25) is 0 Å². The predicted molar refractivity (Wildman–Crippen MR) is 78.6 cm³/mol. The second kappa shape index (κ2) is 5.64. The SMILES string of the molecule is Cc1cccc(NC(=O)c2ccccc2S(=O)(=O)Cl)c1. The molecular formula is C14H12ClNO3S. The highest BCUT2D eigenvalue weighted by molar-refractivity contribution is 8.13. The summed E-state index contributed by atoms with van der Waals surface area (Å²) in [6.45, 7) is 1.90. The summed E-state index contributed by atoms with van der Waals surface area (Å²) in [7, 11) is 1.36. The molecule has 4 nitrogen and oxygen atoms in total. The van der Waals surface area contributed by atoms with Crippen molar-refractivity contribution in [2.24, 2.45) is 0 Å². The van der Waals surface area contributed by atoms with Gasteiger partial charge in [0.05, 0.1) is 10.5 Å². The molecule has 0 aliphatic carbocycles. The van der Waals surface area contributed by atoms with Crippen LogP contribution in [0.25, 0.3) is 0 Å². The number of amides is 1. The Kier molecular flexibility index (Phi) is 4.11. The van der Waals surface area contributed by atoms with Crippen LogP contribution in [0.4, 0.5) is 5.69 Å². The highest BCUT2D eigenvalue weighted by Gasteiger charge is 2.19. The van der Waals surface area contributed by atoms with Gasteiger partial charge in [0.1, 0.15) is 0 Å². The number of carbonyl (C=O) groups is 1. The molecule has 0 aromatic heterocycles. The molecule has 0 aliphatic heterocycles. The third-order valence-corrected chi connectivity index (χ3v) is 4.05. The van der Waals surface area contributed by atoms with Gasteiger partial charge in [0, 0.05) is 16.4 Å².